The molecule has 0 aliphatic rings. The van der Waals surface area contributed by atoms with Crippen LogP contribution in [-0.4, -0.2) is 4.98 Å². The van der Waals surface area contributed by atoms with Crippen molar-refractivity contribution < 1.29 is 43.4 Å². The Labute approximate surface area is 137 Å². The molecule has 0 saturated carbocycles. The maximum Gasteiger partial charge on any atom is 1.00 e. The van der Waals surface area contributed by atoms with Crippen molar-refractivity contribution in [1.29, 1.82) is 5.26 Å². The molecule has 0 bridgehead atoms. The fourth-order valence-electron chi connectivity index (χ4n) is 1.48. The molecule has 3 nitrogen and oxygen atoms in total. The second-order valence-electron chi connectivity index (χ2n) is 3.84. The molecule has 2 aromatic heterocycles. The van der Waals surface area contributed by atoms with E-state index in [0.717, 1.165) is 6.07 Å². The van der Waals surface area contributed by atoms with Crippen molar-refractivity contribution in [3.63, 3.8) is 0 Å². The first-order valence-electron chi connectivity index (χ1n) is 5.65. The molecule has 0 fully saturated rings. The monoisotopic (exact) mass is 383 g/mol. The zero-order valence-corrected chi connectivity index (χ0v) is 12.2. The summed E-state index contributed by atoms with van der Waals surface area (Å²) in [6.45, 7) is 1.43. The van der Waals surface area contributed by atoms with Crippen LogP contribution in [0.25, 0.3) is 11.4 Å². The maximum absolute atomic E-state index is 12.7. The third-order valence-corrected chi connectivity index (χ3v) is 2.27. The third kappa shape index (κ3) is 5.62. The standard InChI is InChI=1S/C11H5F6N2.C2H3N.Cu/c12-10(13,14)6-5-8(11(15,16)17)19-9(6)7-3-1-2-4-18-7;1-2-3;/h1-5H;1H3;/q-1;;+1. The summed E-state index contributed by atoms with van der Waals surface area (Å²) in [5.41, 5.74) is -4.11. The number of hydrogen-bond acceptors (Lipinski definition) is 2. The summed E-state index contributed by atoms with van der Waals surface area (Å²) in [5.74, 6) is 0. The molecule has 2 heterocycles. The molecule has 2 rings (SSSR count). The van der Waals surface area contributed by atoms with Crippen LogP contribution in [0.1, 0.15) is 18.2 Å². The van der Waals surface area contributed by atoms with Gasteiger partial charge in [-0.3, -0.25) is 4.98 Å². The van der Waals surface area contributed by atoms with Crippen LogP contribution in [0.3, 0.4) is 0 Å². The van der Waals surface area contributed by atoms with Crippen molar-refractivity contribution >= 4 is 0 Å². The van der Waals surface area contributed by atoms with Gasteiger partial charge in [-0.2, -0.15) is 31.6 Å². The number of aromatic nitrogens is 2. The second kappa shape index (κ2) is 8.04. The normalized spacial score (nSPS) is 10.9. The molecule has 0 N–H and O–H groups in total. The number of halogens is 6. The van der Waals surface area contributed by atoms with Crippen LogP contribution in [0.4, 0.5) is 26.3 Å². The van der Waals surface area contributed by atoms with Crippen LogP contribution in [0.15, 0.2) is 30.5 Å². The van der Waals surface area contributed by atoms with Crippen LogP contribution < -0.4 is 4.98 Å². The average molecular weight is 384 g/mol. The summed E-state index contributed by atoms with van der Waals surface area (Å²) in [4.78, 5) is 6.60. The maximum atomic E-state index is 12.7. The quantitative estimate of drug-likeness (QED) is 0.546. The molecule has 0 aliphatic carbocycles. The molecule has 0 unspecified atom stereocenters. The van der Waals surface area contributed by atoms with Gasteiger partial charge in [0.2, 0.25) is 0 Å². The molecule has 23 heavy (non-hydrogen) atoms. The zero-order valence-electron chi connectivity index (χ0n) is 11.3. The first kappa shape index (κ1) is 21.0. The van der Waals surface area contributed by atoms with Crippen LogP contribution in [-0.2, 0) is 29.4 Å². The summed E-state index contributed by atoms with van der Waals surface area (Å²) < 4.78 is 75.4. The predicted molar refractivity (Wildman–Crippen MR) is 64.3 cm³/mol. The second-order valence-corrected chi connectivity index (χ2v) is 3.84. The van der Waals surface area contributed by atoms with Gasteiger partial charge in [-0.15, -0.1) is 0 Å². The number of nitriles is 1. The van der Waals surface area contributed by atoms with Gasteiger partial charge in [0.25, 0.3) is 0 Å². The molecule has 0 aromatic carbocycles. The first-order chi connectivity index (χ1) is 10.1. The molecule has 0 spiro atoms. The summed E-state index contributed by atoms with van der Waals surface area (Å²) in [6.07, 6.45) is -8.69. The van der Waals surface area contributed by atoms with Crippen molar-refractivity contribution in [3.05, 3.63) is 41.7 Å². The van der Waals surface area contributed by atoms with Crippen molar-refractivity contribution in [2.45, 2.75) is 19.3 Å². The number of rotatable bonds is 1. The predicted octanol–water partition coefficient (Wildman–Crippen LogP) is 4.27. The average Bonchev–Trinajstić information content (AvgIpc) is 2.85. The Bertz CT molecular complexity index is 655. The summed E-state index contributed by atoms with van der Waals surface area (Å²) in [5, 5.41) is 7.32. The van der Waals surface area contributed by atoms with E-state index in [1.54, 1.807) is 6.07 Å². The van der Waals surface area contributed by atoms with E-state index < -0.39 is 29.3 Å². The van der Waals surface area contributed by atoms with E-state index in [0.29, 0.717) is 0 Å². The SMILES string of the molecule is CC#N.FC(F)(F)c1cc(C(F)(F)F)c(-c2ccccn2)[n-]1.[Cu+]. The Morgan fingerprint density at radius 2 is 1.65 bits per heavy atom. The summed E-state index contributed by atoms with van der Waals surface area (Å²) in [6, 6.07) is 5.70. The van der Waals surface area contributed by atoms with Gasteiger partial charge in [0.15, 0.2) is 0 Å². The van der Waals surface area contributed by atoms with Gasteiger partial charge >= 0.3 is 29.4 Å². The van der Waals surface area contributed by atoms with E-state index in [1.807, 2.05) is 0 Å². The van der Waals surface area contributed by atoms with Crippen molar-refractivity contribution in [1.82, 2.24) is 9.97 Å². The van der Waals surface area contributed by atoms with Gasteiger partial charge < -0.3 is 4.98 Å². The van der Waals surface area contributed by atoms with E-state index in [4.69, 9.17) is 5.26 Å². The van der Waals surface area contributed by atoms with Gasteiger partial charge in [-0.1, -0.05) is 23.5 Å². The van der Waals surface area contributed by atoms with Gasteiger partial charge in [-0.25, -0.2) is 0 Å². The van der Waals surface area contributed by atoms with Gasteiger partial charge in [-0.05, 0) is 12.1 Å². The number of hydrogen-bond donors (Lipinski definition) is 0. The Kier molecular flexibility index (Phi) is 7.34. The minimum absolute atomic E-state index is 0. The van der Waals surface area contributed by atoms with Gasteiger partial charge in [0.05, 0.1) is 6.07 Å². The van der Waals surface area contributed by atoms with E-state index in [2.05, 4.69) is 9.97 Å². The smallest absolute Gasteiger partial charge is 0.652 e. The van der Waals surface area contributed by atoms with Crippen LogP contribution in [0.5, 0.6) is 0 Å². The Balaban J connectivity index is 0.00000112. The molecule has 128 valence electrons. The van der Waals surface area contributed by atoms with E-state index >= 15 is 0 Å². The van der Waals surface area contributed by atoms with Gasteiger partial charge in [0.1, 0.15) is 0 Å². The van der Waals surface area contributed by atoms with Gasteiger partial charge in [0, 0.05) is 24.4 Å². The number of nitrogens with zero attached hydrogens (tertiary/aromatic N) is 3. The van der Waals surface area contributed by atoms with Crippen LogP contribution in [0.2, 0.25) is 0 Å². The minimum atomic E-state index is -4.94. The fourth-order valence-corrected chi connectivity index (χ4v) is 1.48. The summed E-state index contributed by atoms with van der Waals surface area (Å²) >= 11 is 0. The number of pyridine rings is 1. The molecule has 0 amide bonds. The largest absolute Gasteiger partial charge is 1.00 e. The first-order valence-corrected chi connectivity index (χ1v) is 5.65. The topological polar surface area (TPSA) is 50.8 Å². The molecule has 10 heteroatoms. The van der Waals surface area contributed by atoms with E-state index in [-0.39, 0.29) is 28.8 Å². The van der Waals surface area contributed by atoms with Crippen LogP contribution in [0, 0.1) is 11.3 Å². The van der Waals surface area contributed by atoms with Crippen molar-refractivity contribution in [2.75, 3.05) is 0 Å². The Morgan fingerprint density at radius 1 is 1.09 bits per heavy atom. The zero-order chi connectivity index (χ0) is 17.0. The molecular weight excluding hydrogens is 376 g/mol. The summed E-state index contributed by atoms with van der Waals surface area (Å²) in [7, 11) is 0. The number of alkyl halides is 6. The van der Waals surface area contributed by atoms with Crippen LogP contribution >= 0.6 is 0 Å². The Morgan fingerprint density at radius 3 is 2.04 bits per heavy atom. The molecule has 0 aliphatic heterocycles. The third-order valence-electron chi connectivity index (χ3n) is 2.27. The molecule has 0 saturated heterocycles. The molecule has 0 atom stereocenters. The van der Waals surface area contributed by atoms with E-state index in [1.165, 1.54) is 25.3 Å². The minimum Gasteiger partial charge on any atom is -0.652 e. The molecule has 0 radical (unpaired) electrons. The Hall–Kier alpha value is -1.98. The van der Waals surface area contributed by atoms with E-state index in [9.17, 15) is 26.3 Å². The van der Waals surface area contributed by atoms with Crippen molar-refractivity contribution in [3.8, 4) is 17.5 Å². The molecular formula is C13H8CuF6N3. The molecule has 2 aromatic rings. The fraction of sp³-hybridized carbons (Fsp3) is 0.231. The van der Waals surface area contributed by atoms with Crippen molar-refractivity contribution in [2.24, 2.45) is 0 Å².